The van der Waals surface area contributed by atoms with Gasteiger partial charge >= 0.3 is 0 Å². The summed E-state index contributed by atoms with van der Waals surface area (Å²) >= 11 is 0. The zero-order chi connectivity index (χ0) is 26.6. The van der Waals surface area contributed by atoms with Gasteiger partial charge in [0.1, 0.15) is 5.58 Å². The molecule has 0 fully saturated rings. The van der Waals surface area contributed by atoms with E-state index in [4.69, 9.17) is 4.42 Å². The molecule has 0 aliphatic rings. The van der Waals surface area contributed by atoms with E-state index in [1.54, 1.807) is 4.57 Å². The molecule has 1 heterocycles. The van der Waals surface area contributed by atoms with E-state index in [0.717, 1.165) is 59.6 Å². The zero-order valence-corrected chi connectivity index (χ0v) is 22.6. The van der Waals surface area contributed by atoms with Crippen LogP contribution >= 0.6 is 0 Å². The van der Waals surface area contributed by atoms with Gasteiger partial charge in [-0.05, 0) is 75.5 Å². The smallest absolute Gasteiger partial charge is 0.263 e. The SMILES string of the molecule is CCN(CC)c1ccc2c(c1)oc1cc(N(CC)CC)ccc1n(-c1ccccc1)c(=O)c1ccccc12. The van der Waals surface area contributed by atoms with E-state index in [1.807, 2.05) is 60.7 Å². The highest BCUT2D eigenvalue weighted by Crippen LogP contribution is 2.30. The molecule has 5 aromatic rings. The molecule has 0 N–H and O–H groups in total. The highest BCUT2D eigenvalue weighted by Gasteiger charge is 2.13. The Morgan fingerprint density at radius 1 is 0.605 bits per heavy atom. The number of nitrogens with zero attached hydrogens (tertiary/aromatic N) is 3. The number of fused-ring (bicyclic) bond motifs is 4. The molecule has 0 aliphatic carbocycles. The van der Waals surface area contributed by atoms with Gasteiger partial charge in [0, 0.05) is 66.1 Å². The van der Waals surface area contributed by atoms with E-state index < -0.39 is 0 Å². The molecular formula is C33H35N3O2. The minimum Gasteiger partial charge on any atom is -0.454 e. The number of hydrogen-bond acceptors (Lipinski definition) is 4. The van der Waals surface area contributed by atoms with Crippen molar-refractivity contribution in [2.24, 2.45) is 0 Å². The maximum Gasteiger partial charge on any atom is 0.263 e. The fourth-order valence-electron chi connectivity index (χ4n) is 5.24. The van der Waals surface area contributed by atoms with Gasteiger partial charge in [-0.1, -0.05) is 36.4 Å². The molecule has 0 unspecified atom stereocenters. The molecule has 5 nitrogen and oxygen atoms in total. The molecular weight excluding hydrogens is 470 g/mol. The average Bonchev–Trinajstić information content (AvgIpc) is 3.00. The molecule has 1 aromatic heterocycles. The van der Waals surface area contributed by atoms with Crippen LogP contribution in [0.4, 0.5) is 11.4 Å². The maximum absolute atomic E-state index is 14.4. The molecule has 0 saturated heterocycles. The first-order chi connectivity index (χ1) is 18.6. The van der Waals surface area contributed by atoms with Crippen molar-refractivity contribution >= 4 is 44.2 Å². The van der Waals surface area contributed by atoms with Gasteiger partial charge in [-0.3, -0.25) is 9.36 Å². The van der Waals surface area contributed by atoms with Crippen molar-refractivity contribution in [1.82, 2.24) is 4.57 Å². The predicted molar refractivity (Wildman–Crippen MR) is 162 cm³/mol. The molecule has 5 heteroatoms. The molecule has 194 valence electrons. The van der Waals surface area contributed by atoms with Crippen LogP contribution in [0.3, 0.4) is 0 Å². The summed E-state index contributed by atoms with van der Waals surface area (Å²) in [6.07, 6.45) is 0. The number of hydrogen-bond donors (Lipinski definition) is 0. The Kier molecular flexibility index (Phi) is 7.36. The Hall–Kier alpha value is -4.25. The van der Waals surface area contributed by atoms with Crippen molar-refractivity contribution in [2.75, 3.05) is 36.0 Å². The Morgan fingerprint density at radius 2 is 1.16 bits per heavy atom. The van der Waals surface area contributed by atoms with Crippen LogP contribution in [0.2, 0.25) is 0 Å². The van der Waals surface area contributed by atoms with E-state index in [1.165, 1.54) is 0 Å². The summed E-state index contributed by atoms with van der Waals surface area (Å²) in [7, 11) is 0. The summed E-state index contributed by atoms with van der Waals surface area (Å²) in [6, 6.07) is 30.1. The van der Waals surface area contributed by atoms with Crippen LogP contribution in [0.1, 0.15) is 27.7 Å². The van der Waals surface area contributed by atoms with Gasteiger partial charge in [-0.2, -0.15) is 0 Å². The molecule has 5 rings (SSSR count). The van der Waals surface area contributed by atoms with Crippen molar-refractivity contribution < 1.29 is 4.42 Å². The lowest BCUT2D eigenvalue weighted by Crippen LogP contribution is -2.22. The normalized spacial score (nSPS) is 11.2. The van der Waals surface area contributed by atoms with Crippen LogP contribution in [0.5, 0.6) is 0 Å². The summed E-state index contributed by atoms with van der Waals surface area (Å²) in [4.78, 5) is 19.0. The van der Waals surface area contributed by atoms with E-state index in [0.29, 0.717) is 16.5 Å². The zero-order valence-electron chi connectivity index (χ0n) is 22.6. The van der Waals surface area contributed by atoms with Crippen molar-refractivity contribution in [3.63, 3.8) is 0 Å². The highest BCUT2D eigenvalue weighted by atomic mass is 16.3. The molecule has 0 bridgehead atoms. The summed E-state index contributed by atoms with van der Waals surface area (Å²) in [5.41, 5.74) is 4.97. The third-order valence-electron chi connectivity index (χ3n) is 7.29. The van der Waals surface area contributed by atoms with Crippen molar-refractivity contribution in [3.05, 3.63) is 101 Å². The number of anilines is 2. The third-order valence-corrected chi connectivity index (χ3v) is 7.29. The summed E-state index contributed by atoms with van der Waals surface area (Å²) in [5.74, 6) is 0. The van der Waals surface area contributed by atoms with Crippen LogP contribution in [-0.4, -0.2) is 30.7 Å². The van der Waals surface area contributed by atoms with Crippen molar-refractivity contribution in [2.45, 2.75) is 27.7 Å². The summed E-state index contributed by atoms with van der Waals surface area (Å²) in [6.45, 7) is 12.2. The maximum atomic E-state index is 14.4. The lowest BCUT2D eigenvalue weighted by Gasteiger charge is -2.21. The summed E-state index contributed by atoms with van der Waals surface area (Å²) < 4.78 is 8.61. The molecule has 0 amide bonds. The first-order valence-electron chi connectivity index (χ1n) is 13.5. The van der Waals surface area contributed by atoms with Gasteiger partial charge in [-0.15, -0.1) is 0 Å². The molecule has 4 aromatic carbocycles. The van der Waals surface area contributed by atoms with Crippen molar-refractivity contribution in [3.8, 4) is 5.69 Å². The molecule has 0 aliphatic heterocycles. The Bertz CT molecular complexity index is 1690. The molecule has 0 spiro atoms. The number of aromatic nitrogens is 1. The van der Waals surface area contributed by atoms with E-state index in [9.17, 15) is 4.79 Å². The first kappa shape index (κ1) is 25.4. The number of benzene rings is 4. The summed E-state index contributed by atoms with van der Waals surface area (Å²) in [5, 5.41) is 2.40. The highest BCUT2D eigenvalue weighted by molar-refractivity contribution is 6.04. The van der Waals surface area contributed by atoms with Gasteiger partial charge in [0.05, 0.1) is 5.52 Å². The van der Waals surface area contributed by atoms with Crippen LogP contribution in [-0.2, 0) is 0 Å². The van der Waals surface area contributed by atoms with Gasteiger partial charge in [0.25, 0.3) is 5.56 Å². The fourth-order valence-corrected chi connectivity index (χ4v) is 5.24. The van der Waals surface area contributed by atoms with E-state index in [2.05, 4.69) is 67.8 Å². The Morgan fingerprint density at radius 3 is 1.79 bits per heavy atom. The van der Waals surface area contributed by atoms with Gasteiger partial charge < -0.3 is 14.2 Å². The lowest BCUT2D eigenvalue weighted by atomic mass is 10.1. The van der Waals surface area contributed by atoms with Crippen molar-refractivity contribution in [1.29, 1.82) is 0 Å². The minimum atomic E-state index is -0.0899. The van der Waals surface area contributed by atoms with Crippen LogP contribution in [0, 0.1) is 0 Å². The van der Waals surface area contributed by atoms with Gasteiger partial charge in [0.2, 0.25) is 0 Å². The monoisotopic (exact) mass is 505 g/mol. The van der Waals surface area contributed by atoms with Crippen LogP contribution in [0.25, 0.3) is 38.5 Å². The second kappa shape index (κ2) is 11.0. The average molecular weight is 506 g/mol. The fraction of sp³-hybridized carbons (Fsp3) is 0.242. The molecule has 0 radical (unpaired) electrons. The number of rotatable bonds is 7. The first-order valence-corrected chi connectivity index (χ1v) is 13.5. The van der Waals surface area contributed by atoms with E-state index >= 15 is 0 Å². The number of para-hydroxylation sites is 1. The largest absolute Gasteiger partial charge is 0.454 e. The third kappa shape index (κ3) is 4.60. The van der Waals surface area contributed by atoms with Gasteiger partial charge in [-0.25, -0.2) is 0 Å². The molecule has 38 heavy (non-hydrogen) atoms. The Balaban J connectivity index is 2.05. The quantitative estimate of drug-likeness (QED) is 0.227. The molecule has 0 saturated carbocycles. The van der Waals surface area contributed by atoms with Crippen LogP contribution < -0.4 is 15.4 Å². The Labute approximate surface area is 223 Å². The molecule has 0 atom stereocenters. The second-order valence-corrected chi connectivity index (χ2v) is 9.30. The minimum absolute atomic E-state index is 0.0899. The topological polar surface area (TPSA) is 41.6 Å². The van der Waals surface area contributed by atoms with E-state index in [-0.39, 0.29) is 5.56 Å². The standard InChI is InChI=1S/C33H35N3O2/c1-5-34(6-2)25-18-20-28-27-16-12-13-17-29(27)33(37)36(24-14-10-9-11-15-24)30-21-19-26(35(7-3)8-4)23-32(30)38-31(28)22-25/h9-23H,5-8H2,1-4H3. The predicted octanol–water partition coefficient (Wildman–Crippen LogP) is 7.71. The van der Waals surface area contributed by atoms with Gasteiger partial charge in [0.15, 0.2) is 5.58 Å². The lowest BCUT2D eigenvalue weighted by molar-refractivity contribution is 0.660. The second-order valence-electron chi connectivity index (χ2n) is 9.30. The van der Waals surface area contributed by atoms with Crippen LogP contribution in [0.15, 0.2) is 100 Å².